The molecule has 4 rings (SSSR count). The molecule has 0 radical (unpaired) electrons. The summed E-state index contributed by atoms with van der Waals surface area (Å²) >= 11 is 12.5. The van der Waals surface area contributed by atoms with E-state index in [2.05, 4.69) is 20.3 Å². The second kappa shape index (κ2) is 6.82. The van der Waals surface area contributed by atoms with Gasteiger partial charge in [-0.2, -0.15) is 0 Å². The van der Waals surface area contributed by atoms with Crippen LogP contribution in [0.3, 0.4) is 0 Å². The summed E-state index contributed by atoms with van der Waals surface area (Å²) in [6, 6.07) is 12.1. The monoisotopic (exact) mass is 385 g/mol. The molecular formula is C18H13Cl2N5O. The standard InChI is InChI=1S/C18H13Cl2N5O/c19-14-2-1-3-15(20)13(14)8-25-10-23-17(16-18(25)22-9-21-16)24-11-4-6-12(26)7-5-11/h1-7,9-10,24,26H,8H2. The SMILES string of the molecule is Oc1ccc(Nc2ncn(Cc3c(Cl)cccc3Cl)c3ncnc2-3)cc1. The van der Waals surface area contributed by atoms with Crippen LogP contribution in [0, 0.1) is 0 Å². The number of phenolic OH excluding ortho intramolecular Hbond substituents is 1. The number of aromatic hydroxyl groups is 1. The molecule has 0 aliphatic carbocycles. The second-order valence-corrected chi connectivity index (χ2v) is 6.45. The average Bonchev–Trinajstić information content (AvgIpc) is 3.12. The fourth-order valence-corrected chi connectivity index (χ4v) is 3.14. The van der Waals surface area contributed by atoms with Crippen LogP contribution in [0.15, 0.2) is 55.1 Å². The second-order valence-electron chi connectivity index (χ2n) is 5.64. The van der Waals surface area contributed by atoms with Crippen LogP contribution in [-0.4, -0.2) is 24.6 Å². The predicted molar refractivity (Wildman–Crippen MR) is 101 cm³/mol. The summed E-state index contributed by atoms with van der Waals surface area (Å²) in [7, 11) is 0. The van der Waals surface area contributed by atoms with Gasteiger partial charge >= 0.3 is 0 Å². The smallest absolute Gasteiger partial charge is 0.165 e. The largest absolute Gasteiger partial charge is 0.508 e. The number of imidazole rings is 1. The molecule has 2 aromatic rings. The Labute approximate surface area is 159 Å². The van der Waals surface area contributed by atoms with Crippen molar-refractivity contribution in [3.05, 3.63) is 70.7 Å². The molecule has 0 amide bonds. The Morgan fingerprint density at radius 3 is 2.42 bits per heavy atom. The van der Waals surface area contributed by atoms with Gasteiger partial charge in [-0.1, -0.05) is 29.3 Å². The first-order valence-electron chi connectivity index (χ1n) is 7.76. The molecule has 0 bridgehead atoms. The Bertz CT molecular complexity index is 1010. The van der Waals surface area contributed by atoms with Gasteiger partial charge < -0.3 is 15.0 Å². The minimum atomic E-state index is 0.198. The molecule has 2 N–H and O–H groups in total. The Balaban J connectivity index is 1.68. The highest BCUT2D eigenvalue weighted by Crippen LogP contribution is 2.30. The van der Waals surface area contributed by atoms with Crippen LogP contribution < -0.4 is 5.32 Å². The first kappa shape index (κ1) is 16.6. The van der Waals surface area contributed by atoms with Gasteiger partial charge in [0.1, 0.15) is 12.1 Å². The van der Waals surface area contributed by atoms with E-state index in [9.17, 15) is 5.11 Å². The van der Waals surface area contributed by atoms with Gasteiger partial charge in [-0.25, -0.2) is 15.0 Å². The number of nitrogens with one attached hydrogen (secondary N) is 1. The number of hydrogen-bond acceptors (Lipinski definition) is 5. The molecule has 6 nitrogen and oxygen atoms in total. The Kier molecular flexibility index (Phi) is 4.36. The van der Waals surface area contributed by atoms with Crippen LogP contribution in [0.2, 0.25) is 10.0 Å². The number of rotatable bonds is 4. The highest BCUT2D eigenvalue weighted by Gasteiger charge is 2.18. The first-order valence-corrected chi connectivity index (χ1v) is 8.52. The van der Waals surface area contributed by atoms with Gasteiger partial charge in [0.05, 0.1) is 12.9 Å². The molecule has 2 aliphatic heterocycles. The number of hydrogen-bond donors (Lipinski definition) is 2. The first-order chi connectivity index (χ1) is 12.6. The summed E-state index contributed by atoms with van der Waals surface area (Å²) < 4.78 is 1.84. The molecule has 0 saturated carbocycles. The van der Waals surface area contributed by atoms with Crippen molar-refractivity contribution in [2.24, 2.45) is 0 Å². The van der Waals surface area contributed by atoms with Crippen LogP contribution in [0.25, 0.3) is 11.5 Å². The molecule has 0 unspecified atom stereocenters. The Hall–Kier alpha value is -2.83. The van der Waals surface area contributed by atoms with E-state index in [-0.39, 0.29) is 5.75 Å². The van der Waals surface area contributed by atoms with E-state index < -0.39 is 0 Å². The van der Waals surface area contributed by atoms with Crippen molar-refractivity contribution in [2.45, 2.75) is 6.54 Å². The number of halogens is 2. The van der Waals surface area contributed by atoms with Crippen molar-refractivity contribution < 1.29 is 5.11 Å². The maximum atomic E-state index is 9.39. The molecule has 26 heavy (non-hydrogen) atoms. The summed E-state index contributed by atoms with van der Waals surface area (Å²) in [6.07, 6.45) is 3.15. The van der Waals surface area contributed by atoms with Gasteiger partial charge in [-0.3, -0.25) is 0 Å². The van der Waals surface area contributed by atoms with Gasteiger partial charge in [0.15, 0.2) is 17.3 Å². The number of aromatic nitrogens is 4. The predicted octanol–water partition coefficient (Wildman–Crippen LogP) is 4.58. The third-order valence-corrected chi connectivity index (χ3v) is 4.63. The number of benzene rings is 2. The van der Waals surface area contributed by atoms with E-state index in [4.69, 9.17) is 23.2 Å². The summed E-state index contributed by atoms with van der Waals surface area (Å²) in [5.74, 6) is 1.44. The Morgan fingerprint density at radius 2 is 1.69 bits per heavy atom. The van der Waals surface area contributed by atoms with E-state index in [1.807, 2.05) is 4.57 Å². The van der Waals surface area contributed by atoms with E-state index in [1.165, 1.54) is 6.33 Å². The third kappa shape index (κ3) is 3.16. The lowest BCUT2D eigenvalue weighted by Gasteiger charge is -2.15. The maximum absolute atomic E-state index is 9.39. The van der Waals surface area contributed by atoms with Gasteiger partial charge in [-0.15, -0.1) is 0 Å². The highest BCUT2D eigenvalue weighted by atomic mass is 35.5. The quantitative estimate of drug-likeness (QED) is 0.502. The number of nitrogens with zero attached hydrogens (tertiary/aromatic N) is 4. The van der Waals surface area contributed by atoms with Crippen molar-refractivity contribution in [2.75, 3.05) is 5.32 Å². The minimum Gasteiger partial charge on any atom is -0.508 e. The summed E-state index contributed by atoms with van der Waals surface area (Å²) in [5, 5.41) is 13.8. The molecule has 0 atom stereocenters. The van der Waals surface area contributed by atoms with Crippen LogP contribution in [0.5, 0.6) is 5.75 Å². The molecule has 130 valence electrons. The summed E-state index contributed by atoms with van der Waals surface area (Å²) in [4.78, 5) is 13.1. The van der Waals surface area contributed by atoms with Gasteiger partial charge in [-0.05, 0) is 36.4 Å². The van der Waals surface area contributed by atoms with Crippen LogP contribution >= 0.6 is 23.2 Å². The molecule has 0 fully saturated rings. The van der Waals surface area contributed by atoms with Crippen molar-refractivity contribution in [1.82, 2.24) is 19.5 Å². The molecule has 2 aliphatic rings. The van der Waals surface area contributed by atoms with Crippen molar-refractivity contribution >= 4 is 34.7 Å². The molecule has 8 heteroatoms. The molecule has 2 aromatic carbocycles. The maximum Gasteiger partial charge on any atom is 0.165 e. The molecule has 2 heterocycles. The lowest BCUT2D eigenvalue weighted by atomic mass is 10.2. The zero-order valence-electron chi connectivity index (χ0n) is 13.4. The Morgan fingerprint density at radius 1 is 0.962 bits per heavy atom. The van der Waals surface area contributed by atoms with E-state index in [1.54, 1.807) is 48.8 Å². The van der Waals surface area contributed by atoms with Gasteiger partial charge in [0, 0.05) is 21.3 Å². The number of fused-ring (bicyclic) bond motifs is 1. The van der Waals surface area contributed by atoms with Crippen LogP contribution in [-0.2, 0) is 6.54 Å². The van der Waals surface area contributed by atoms with Crippen molar-refractivity contribution in [3.8, 4) is 17.3 Å². The fraction of sp³-hybridized carbons (Fsp3) is 0.0556. The van der Waals surface area contributed by atoms with Crippen molar-refractivity contribution in [3.63, 3.8) is 0 Å². The molecule has 0 saturated heterocycles. The van der Waals surface area contributed by atoms with E-state index in [0.29, 0.717) is 33.9 Å². The van der Waals surface area contributed by atoms with Crippen LogP contribution in [0.4, 0.5) is 11.5 Å². The minimum absolute atomic E-state index is 0.198. The van der Waals surface area contributed by atoms with Crippen LogP contribution in [0.1, 0.15) is 5.56 Å². The van der Waals surface area contributed by atoms with Crippen molar-refractivity contribution in [1.29, 1.82) is 0 Å². The topological polar surface area (TPSA) is 75.9 Å². The summed E-state index contributed by atoms with van der Waals surface area (Å²) in [5.41, 5.74) is 2.21. The van der Waals surface area contributed by atoms with E-state index in [0.717, 1.165) is 11.3 Å². The lowest BCUT2D eigenvalue weighted by molar-refractivity contribution is 0.475. The average molecular weight is 386 g/mol. The zero-order valence-corrected chi connectivity index (χ0v) is 14.9. The zero-order chi connectivity index (χ0) is 18.1. The molecule has 0 aromatic heterocycles. The molecular weight excluding hydrogens is 373 g/mol. The van der Waals surface area contributed by atoms with E-state index >= 15 is 0 Å². The number of phenols is 1. The van der Waals surface area contributed by atoms with Gasteiger partial charge in [0.2, 0.25) is 0 Å². The highest BCUT2D eigenvalue weighted by molar-refractivity contribution is 6.35. The third-order valence-electron chi connectivity index (χ3n) is 3.92. The van der Waals surface area contributed by atoms with Gasteiger partial charge in [0.25, 0.3) is 0 Å². The summed E-state index contributed by atoms with van der Waals surface area (Å²) in [6.45, 7) is 0.431. The molecule has 0 spiro atoms. The lowest BCUT2D eigenvalue weighted by Crippen LogP contribution is -2.10. The normalized spacial score (nSPS) is 11.0. The number of anilines is 2. The fourth-order valence-electron chi connectivity index (χ4n) is 2.62.